The fourth-order valence-electron chi connectivity index (χ4n) is 8.11. The van der Waals surface area contributed by atoms with Crippen LogP contribution in [0.3, 0.4) is 0 Å². The zero-order valence-corrected chi connectivity index (χ0v) is 40.3. The summed E-state index contributed by atoms with van der Waals surface area (Å²) >= 11 is 0. The second-order valence-electron chi connectivity index (χ2n) is 16.0. The van der Waals surface area contributed by atoms with Crippen LogP contribution in [0, 0.1) is 5.92 Å². The Balaban J connectivity index is 0.923. The average molecular weight is 1110 g/mol. The van der Waals surface area contributed by atoms with Crippen molar-refractivity contribution in [3.8, 4) is 0 Å². The minimum absolute atomic E-state index is 0.00131. The molecule has 0 amide bonds. The number of nitrogen functional groups attached to an aromatic ring is 2. The van der Waals surface area contributed by atoms with Crippen molar-refractivity contribution in [3.05, 3.63) is 62.4 Å². The Morgan fingerprint density at radius 1 is 0.806 bits per heavy atom. The van der Waals surface area contributed by atoms with Gasteiger partial charge in [0.05, 0.1) is 39.3 Å². The lowest BCUT2D eigenvalue weighted by Gasteiger charge is -2.24. The van der Waals surface area contributed by atoms with E-state index >= 15 is 4.39 Å². The summed E-state index contributed by atoms with van der Waals surface area (Å²) in [5.41, 5.74) is 8.90. The quantitative estimate of drug-likeness (QED) is 0.0292. The van der Waals surface area contributed by atoms with Gasteiger partial charge in [0.2, 0.25) is 11.7 Å². The molecule has 0 aliphatic carbocycles. The Hall–Kier alpha value is -4.61. The van der Waals surface area contributed by atoms with Crippen molar-refractivity contribution in [1.29, 1.82) is 0 Å². The molecule has 0 radical (unpaired) electrons. The minimum atomic E-state index is -6.19. The van der Waals surface area contributed by atoms with Crippen LogP contribution in [0.5, 0.6) is 0 Å². The molecule has 16 atom stereocenters. The first-order chi connectivity index (χ1) is 33.7. The van der Waals surface area contributed by atoms with Gasteiger partial charge in [-0.05, 0) is 6.42 Å². The Labute approximate surface area is 399 Å². The predicted octanol–water partition coefficient (Wildman–Crippen LogP) is -2.89. The Morgan fingerprint density at radius 2 is 1.44 bits per heavy atom. The number of H-pyrrole nitrogens is 2. The van der Waals surface area contributed by atoms with Crippen LogP contribution in [0.2, 0.25) is 0 Å². The highest BCUT2D eigenvalue weighted by Crippen LogP contribution is 2.68. The summed E-state index contributed by atoms with van der Waals surface area (Å²) in [7, 11) is -22.0. The van der Waals surface area contributed by atoms with Gasteiger partial charge in [-0.2, -0.15) is 8.62 Å². The molecule has 396 valence electrons. The van der Waals surface area contributed by atoms with Gasteiger partial charge in [0.25, 0.3) is 17.1 Å². The monoisotopic (exact) mass is 1110 g/mol. The van der Waals surface area contributed by atoms with Crippen LogP contribution >= 0.6 is 31.3 Å². The average Bonchev–Trinajstić information content (AvgIpc) is 4.07. The smallest absolute Gasteiger partial charge is 0.387 e. The minimum Gasteiger partial charge on any atom is -0.387 e. The second-order valence-corrected chi connectivity index (χ2v) is 22.1. The van der Waals surface area contributed by atoms with Gasteiger partial charge in [-0.3, -0.25) is 51.4 Å². The number of alkyl halides is 1. The van der Waals surface area contributed by atoms with Crippen molar-refractivity contribution in [1.82, 2.24) is 43.6 Å². The molecule has 4 unspecified atom stereocenters. The SMILES string of the molecule is CC[C@H]1[C@@H](O)[C@H]([n+]2cn(C)c3c(=O)[nH]c(N)nc32)O[C@@H]1COP(=O)(O)OP(=O)(O)OP(=O)(O)OC[C@H]1O[C@@H](n2cnc3c(N)ncnc32)[C@H](F)[C@@H]1OP(=O)(O)OC[C@H]1O[C@@H](n2ccc(=O)[nH]c2=O)[C@H](O)[C@@H]1O. The lowest BCUT2D eigenvalue weighted by molar-refractivity contribution is -0.745. The number of aliphatic hydroxyl groups excluding tert-OH is 3. The largest absolute Gasteiger partial charge is 0.490 e. The molecule has 72 heavy (non-hydrogen) atoms. The summed E-state index contributed by atoms with van der Waals surface area (Å²) in [5.74, 6) is -1.27. The third-order valence-electron chi connectivity index (χ3n) is 11.3. The molecule has 3 aliphatic rings. The number of phosphoric ester groups is 3. The van der Waals surface area contributed by atoms with Gasteiger partial charge in [-0.25, -0.2) is 47.0 Å². The predicted molar refractivity (Wildman–Crippen MR) is 230 cm³/mol. The molecule has 13 N–H and O–H groups in total. The zero-order valence-electron chi connectivity index (χ0n) is 36.7. The normalized spacial score (nSPS) is 31.1. The van der Waals surface area contributed by atoms with Crippen molar-refractivity contribution in [2.75, 3.05) is 31.3 Å². The molecule has 0 aromatic carbocycles. The van der Waals surface area contributed by atoms with Crippen LogP contribution in [-0.2, 0) is 66.2 Å². The molecule has 0 bridgehead atoms. The number of aryl methyl sites for hydroxylation is 1. The molecular formula is C32H44FN12O23P4+. The number of halogens is 1. The number of fused-ring (bicyclic) bond motifs is 2. The number of aliphatic hydroxyl groups is 3. The van der Waals surface area contributed by atoms with Crippen molar-refractivity contribution >= 4 is 65.4 Å². The summed E-state index contributed by atoms with van der Waals surface area (Å²) < 4.78 is 118. The lowest BCUT2D eigenvalue weighted by atomic mass is 9.95. The van der Waals surface area contributed by atoms with Gasteiger partial charge in [0.15, 0.2) is 36.4 Å². The number of phosphoric acid groups is 4. The highest BCUT2D eigenvalue weighted by atomic mass is 31.3. The second kappa shape index (κ2) is 20.3. The number of hydrogen-bond donors (Lipinski definition) is 11. The third-order valence-corrected chi connectivity index (χ3v) is 16.6. The maximum absolute atomic E-state index is 16.5. The van der Waals surface area contributed by atoms with Gasteiger partial charge in [-0.1, -0.05) is 11.9 Å². The number of imidazole rings is 2. The van der Waals surface area contributed by atoms with Crippen molar-refractivity contribution in [2.45, 2.75) is 80.9 Å². The van der Waals surface area contributed by atoms with E-state index in [1.807, 2.05) is 4.98 Å². The first kappa shape index (κ1) is 53.7. The first-order valence-electron chi connectivity index (χ1n) is 20.7. The molecule has 5 aromatic rings. The van der Waals surface area contributed by atoms with Crippen LogP contribution in [0.15, 0.2) is 45.6 Å². The van der Waals surface area contributed by atoms with Crippen molar-refractivity contribution < 1.29 is 103 Å². The number of aromatic amines is 2. The molecule has 8 heterocycles. The molecule has 40 heteroatoms. The van der Waals surface area contributed by atoms with E-state index < -0.39 is 141 Å². The van der Waals surface area contributed by atoms with Gasteiger partial charge >= 0.3 is 42.6 Å². The molecule has 8 rings (SSSR count). The van der Waals surface area contributed by atoms with E-state index in [1.165, 1.54) is 22.5 Å². The van der Waals surface area contributed by atoms with Gasteiger partial charge < -0.3 is 60.6 Å². The van der Waals surface area contributed by atoms with Gasteiger partial charge in [-0.15, -0.1) is 0 Å². The van der Waals surface area contributed by atoms with E-state index in [2.05, 4.69) is 33.5 Å². The number of nitrogens with zero attached hydrogens (tertiary/aromatic N) is 8. The molecule has 3 saturated heterocycles. The van der Waals surface area contributed by atoms with E-state index in [4.69, 9.17) is 43.8 Å². The molecule has 35 nitrogen and oxygen atoms in total. The van der Waals surface area contributed by atoms with E-state index in [1.54, 1.807) is 6.92 Å². The van der Waals surface area contributed by atoms with E-state index in [0.29, 0.717) is 4.57 Å². The molecule has 0 spiro atoms. The zero-order chi connectivity index (χ0) is 52.4. The number of nitrogens with one attached hydrogen (secondary N) is 2. The molecule has 5 aromatic heterocycles. The molecular weight excluding hydrogens is 1060 g/mol. The summed E-state index contributed by atoms with van der Waals surface area (Å²) in [6.07, 6.45) is -15.5. The van der Waals surface area contributed by atoms with Crippen LogP contribution in [0.25, 0.3) is 22.3 Å². The van der Waals surface area contributed by atoms with Crippen molar-refractivity contribution in [2.24, 2.45) is 13.0 Å². The molecule has 3 aliphatic heterocycles. The summed E-state index contributed by atoms with van der Waals surface area (Å²) in [6.45, 7) is -1.79. The van der Waals surface area contributed by atoms with Crippen LogP contribution < -0.4 is 32.8 Å². The number of anilines is 2. The topological polar surface area (TPSA) is 498 Å². The highest BCUT2D eigenvalue weighted by Gasteiger charge is 2.54. The first-order valence-corrected chi connectivity index (χ1v) is 26.7. The van der Waals surface area contributed by atoms with Crippen molar-refractivity contribution in [3.63, 3.8) is 0 Å². The number of aromatic nitrogens is 10. The van der Waals surface area contributed by atoms with Gasteiger partial charge in [0.1, 0.15) is 48.5 Å². The van der Waals surface area contributed by atoms with Gasteiger partial charge in [0, 0.05) is 18.2 Å². The maximum atomic E-state index is 16.5. The summed E-state index contributed by atoms with van der Waals surface area (Å²) in [4.78, 5) is 98.3. The lowest BCUT2D eigenvalue weighted by Crippen LogP contribution is -2.45. The summed E-state index contributed by atoms with van der Waals surface area (Å²) in [6, 6.07) is 0.901. The maximum Gasteiger partial charge on any atom is 0.490 e. The Morgan fingerprint density at radius 3 is 2.11 bits per heavy atom. The molecule has 3 fully saturated rings. The van der Waals surface area contributed by atoms with Crippen LogP contribution in [0.1, 0.15) is 32.0 Å². The van der Waals surface area contributed by atoms with Crippen LogP contribution in [-0.4, -0.2) is 147 Å². The highest BCUT2D eigenvalue weighted by molar-refractivity contribution is 7.66. The number of nitrogens with two attached hydrogens (primary N) is 2. The standard InChI is InChI=1S/C32H43FN12O23P4/c1-3-12-13(63-29(20(12)47)45-11-42(2)19-26(45)40-31(35)41-27(19)50)6-61-70(54,55)67-72(58,59)68-71(56,57)62-8-15-23(17(33)28(65-15)44-10-38-18-24(34)36-9-37-25(18)44)66-69(52,53)60-7-14-21(48)22(49)30(64-14)43-5-4-16(46)39-32(43)51/h4-5,9-15,17,20-23,28-30,47-49H,3,6-8H2,1-2H3,(H9-,34,35,36,37,39,40,41,46,50,51,52,53,54,55,56,57,58,59)/p+1/t12-,13-,14-,15-,17-,20-,21-,22-,23-,28-,29-,30-/m1/s1. The number of hydrogen-bond acceptors (Lipinski definition) is 25. The Bertz CT molecular complexity index is 3230. The Kier molecular flexibility index (Phi) is 15.1. The number of ether oxygens (including phenoxy) is 3. The fourth-order valence-corrected chi connectivity index (χ4v) is 12.6. The van der Waals surface area contributed by atoms with E-state index in [0.717, 1.165) is 29.5 Å². The third kappa shape index (κ3) is 11.1. The van der Waals surface area contributed by atoms with Crippen LogP contribution in [0.4, 0.5) is 16.2 Å². The molecule has 0 saturated carbocycles. The summed E-state index contributed by atoms with van der Waals surface area (Å²) in [5, 5.41) is 32.3. The van der Waals surface area contributed by atoms with E-state index in [-0.39, 0.29) is 40.5 Å². The fraction of sp³-hybridized carbons (Fsp3) is 0.562. The number of rotatable bonds is 19. The van der Waals surface area contributed by atoms with E-state index in [9.17, 15) is 67.5 Å².